The van der Waals surface area contributed by atoms with Crippen LogP contribution in [-0.2, 0) is 25.8 Å². The highest BCUT2D eigenvalue weighted by Crippen LogP contribution is 2.30. The van der Waals surface area contributed by atoms with Crippen molar-refractivity contribution in [2.24, 2.45) is 5.92 Å². The Hall–Kier alpha value is -1.41. The van der Waals surface area contributed by atoms with Gasteiger partial charge in [-0.3, -0.25) is 4.79 Å². The number of hydrogen-bond acceptors (Lipinski definition) is 6. The number of amides is 1. The lowest BCUT2D eigenvalue weighted by Crippen LogP contribution is -2.24. The van der Waals surface area contributed by atoms with E-state index in [0.29, 0.717) is 17.0 Å². The molecule has 1 fully saturated rings. The van der Waals surface area contributed by atoms with Gasteiger partial charge in [-0.25, -0.2) is 13.2 Å². The van der Waals surface area contributed by atoms with E-state index in [0.717, 1.165) is 11.3 Å². The molecule has 0 aliphatic carbocycles. The normalized spacial score (nSPS) is 19.8. The first-order chi connectivity index (χ1) is 10.4. The third kappa shape index (κ3) is 3.86. The maximum atomic E-state index is 12.2. The molecule has 2 heterocycles. The summed E-state index contributed by atoms with van der Waals surface area (Å²) >= 11 is 1.32. The van der Waals surface area contributed by atoms with E-state index in [2.05, 4.69) is 5.32 Å². The second kappa shape index (κ2) is 6.78. The maximum Gasteiger partial charge on any atom is 0.341 e. The van der Waals surface area contributed by atoms with Gasteiger partial charge in [-0.1, -0.05) is 6.92 Å². The van der Waals surface area contributed by atoms with E-state index in [1.54, 1.807) is 13.0 Å². The SMILES string of the molecule is CCOC(=O)c1cc(CC)sc1NC(=O)[C@@H]1CCS(=O)(=O)C1. The van der Waals surface area contributed by atoms with Crippen molar-refractivity contribution in [1.29, 1.82) is 0 Å². The summed E-state index contributed by atoms with van der Waals surface area (Å²) in [5, 5.41) is 3.13. The summed E-state index contributed by atoms with van der Waals surface area (Å²) in [6.07, 6.45) is 1.07. The molecule has 0 aromatic carbocycles. The van der Waals surface area contributed by atoms with E-state index in [4.69, 9.17) is 4.74 Å². The van der Waals surface area contributed by atoms with Gasteiger partial charge in [0.2, 0.25) is 5.91 Å². The number of rotatable bonds is 5. The van der Waals surface area contributed by atoms with Gasteiger partial charge in [0.15, 0.2) is 9.84 Å². The zero-order valence-corrected chi connectivity index (χ0v) is 14.2. The molecule has 8 heteroatoms. The third-order valence-electron chi connectivity index (χ3n) is 3.47. The highest BCUT2D eigenvalue weighted by atomic mass is 32.2. The molecule has 1 amide bonds. The Morgan fingerprint density at radius 3 is 2.68 bits per heavy atom. The van der Waals surface area contributed by atoms with Crippen LogP contribution in [0.5, 0.6) is 0 Å². The number of esters is 1. The minimum absolute atomic E-state index is 0.0421. The van der Waals surface area contributed by atoms with Gasteiger partial charge in [0.1, 0.15) is 5.00 Å². The second-order valence-corrected chi connectivity index (χ2v) is 8.48. The molecule has 1 aromatic rings. The lowest BCUT2D eigenvalue weighted by molar-refractivity contribution is -0.119. The average molecular weight is 345 g/mol. The molecule has 122 valence electrons. The first-order valence-electron chi connectivity index (χ1n) is 7.17. The number of carbonyl (C=O) groups excluding carboxylic acids is 2. The maximum absolute atomic E-state index is 12.2. The average Bonchev–Trinajstić information content (AvgIpc) is 3.02. The quantitative estimate of drug-likeness (QED) is 0.823. The molecule has 1 aliphatic rings. The monoisotopic (exact) mass is 345 g/mol. The van der Waals surface area contributed by atoms with Gasteiger partial charge in [0.05, 0.1) is 29.6 Å². The Kier molecular flexibility index (Phi) is 5.23. The number of sulfone groups is 1. The van der Waals surface area contributed by atoms with Crippen LogP contribution in [-0.4, -0.2) is 38.4 Å². The molecule has 0 saturated carbocycles. The van der Waals surface area contributed by atoms with Crippen molar-refractivity contribution >= 4 is 38.1 Å². The highest BCUT2D eigenvalue weighted by molar-refractivity contribution is 7.91. The van der Waals surface area contributed by atoms with Crippen LogP contribution in [0.15, 0.2) is 6.07 Å². The first kappa shape index (κ1) is 17.0. The van der Waals surface area contributed by atoms with Crippen molar-refractivity contribution in [3.63, 3.8) is 0 Å². The first-order valence-corrected chi connectivity index (χ1v) is 9.81. The lowest BCUT2D eigenvalue weighted by atomic mass is 10.1. The Morgan fingerprint density at radius 1 is 1.41 bits per heavy atom. The van der Waals surface area contributed by atoms with Crippen LogP contribution < -0.4 is 5.32 Å². The summed E-state index contributed by atoms with van der Waals surface area (Å²) < 4.78 is 27.9. The molecule has 1 N–H and O–H groups in total. The van der Waals surface area contributed by atoms with E-state index >= 15 is 0 Å². The number of carbonyl (C=O) groups is 2. The minimum Gasteiger partial charge on any atom is -0.462 e. The van der Waals surface area contributed by atoms with Gasteiger partial charge in [-0.15, -0.1) is 11.3 Å². The zero-order chi connectivity index (χ0) is 16.3. The van der Waals surface area contributed by atoms with Gasteiger partial charge in [-0.2, -0.15) is 0 Å². The van der Waals surface area contributed by atoms with E-state index in [1.165, 1.54) is 11.3 Å². The Labute approximate surface area is 133 Å². The molecule has 0 radical (unpaired) electrons. The van der Waals surface area contributed by atoms with Gasteiger partial charge in [0, 0.05) is 4.88 Å². The smallest absolute Gasteiger partial charge is 0.341 e. The van der Waals surface area contributed by atoms with E-state index in [9.17, 15) is 18.0 Å². The van der Waals surface area contributed by atoms with Crippen LogP contribution in [0.3, 0.4) is 0 Å². The number of thiophene rings is 1. The summed E-state index contributed by atoms with van der Waals surface area (Å²) in [6, 6.07) is 1.71. The Balaban J connectivity index is 2.16. The Morgan fingerprint density at radius 2 is 2.14 bits per heavy atom. The van der Waals surface area contributed by atoms with Gasteiger partial charge in [-0.05, 0) is 25.8 Å². The lowest BCUT2D eigenvalue weighted by Gasteiger charge is -2.09. The van der Waals surface area contributed by atoms with Crippen molar-refractivity contribution in [2.45, 2.75) is 26.7 Å². The molecule has 22 heavy (non-hydrogen) atoms. The van der Waals surface area contributed by atoms with Crippen LogP contribution in [0.25, 0.3) is 0 Å². The van der Waals surface area contributed by atoms with E-state index in [-0.39, 0.29) is 24.0 Å². The summed E-state index contributed by atoms with van der Waals surface area (Å²) in [5.74, 6) is -1.46. The van der Waals surface area contributed by atoms with Crippen LogP contribution in [0.1, 0.15) is 35.5 Å². The number of hydrogen-bond donors (Lipinski definition) is 1. The van der Waals surface area contributed by atoms with Crippen LogP contribution >= 0.6 is 11.3 Å². The standard InChI is InChI=1S/C14H19NO5S2/c1-3-10-7-11(14(17)20-4-2)13(21-10)15-12(16)9-5-6-22(18,19)8-9/h7,9H,3-6,8H2,1-2H3,(H,15,16)/t9-/m1/s1. The number of ether oxygens (including phenoxy) is 1. The van der Waals surface area contributed by atoms with Gasteiger partial charge >= 0.3 is 5.97 Å². The number of anilines is 1. The molecule has 1 atom stereocenters. The minimum atomic E-state index is -3.12. The van der Waals surface area contributed by atoms with Gasteiger partial charge in [0.25, 0.3) is 0 Å². The molecular weight excluding hydrogens is 326 g/mol. The van der Waals surface area contributed by atoms with Gasteiger partial charge < -0.3 is 10.1 Å². The molecule has 6 nitrogen and oxygen atoms in total. The second-order valence-electron chi connectivity index (χ2n) is 5.12. The zero-order valence-electron chi connectivity index (χ0n) is 12.5. The fourth-order valence-electron chi connectivity index (χ4n) is 2.29. The Bertz CT molecular complexity index is 677. The summed E-state index contributed by atoms with van der Waals surface area (Å²) in [6.45, 7) is 3.92. The third-order valence-corrected chi connectivity index (χ3v) is 6.43. The molecule has 1 aliphatic heterocycles. The molecular formula is C14H19NO5S2. The predicted molar refractivity (Wildman–Crippen MR) is 85.0 cm³/mol. The summed E-state index contributed by atoms with van der Waals surface area (Å²) in [5.41, 5.74) is 0.331. The van der Waals surface area contributed by atoms with Crippen molar-refractivity contribution < 1.29 is 22.7 Å². The van der Waals surface area contributed by atoms with E-state index < -0.39 is 21.7 Å². The van der Waals surface area contributed by atoms with Crippen molar-refractivity contribution in [3.8, 4) is 0 Å². The van der Waals surface area contributed by atoms with Crippen molar-refractivity contribution in [1.82, 2.24) is 0 Å². The molecule has 1 aromatic heterocycles. The number of nitrogens with one attached hydrogen (secondary N) is 1. The molecule has 0 bridgehead atoms. The van der Waals surface area contributed by atoms with Crippen LogP contribution in [0.4, 0.5) is 5.00 Å². The summed E-state index contributed by atoms with van der Waals surface area (Å²) in [7, 11) is -3.12. The largest absolute Gasteiger partial charge is 0.462 e. The molecule has 1 saturated heterocycles. The predicted octanol–water partition coefficient (Wildman–Crippen LogP) is 1.86. The van der Waals surface area contributed by atoms with Crippen LogP contribution in [0, 0.1) is 5.92 Å². The topological polar surface area (TPSA) is 89.5 Å². The molecule has 0 unspecified atom stereocenters. The highest BCUT2D eigenvalue weighted by Gasteiger charge is 2.33. The summed E-state index contributed by atoms with van der Waals surface area (Å²) in [4.78, 5) is 25.1. The van der Waals surface area contributed by atoms with Crippen molar-refractivity contribution in [3.05, 3.63) is 16.5 Å². The fourth-order valence-corrected chi connectivity index (χ4v) is 5.01. The molecule has 2 rings (SSSR count). The van der Waals surface area contributed by atoms with Crippen LogP contribution in [0.2, 0.25) is 0 Å². The fraction of sp³-hybridized carbons (Fsp3) is 0.571. The van der Waals surface area contributed by atoms with Crippen molar-refractivity contribution in [2.75, 3.05) is 23.4 Å². The van der Waals surface area contributed by atoms with E-state index in [1.807, 2.05) is 6.92 Å². The number of aryl methyl sites for hydroxylation is 1. The molecule has 0 spiro atoms.